The molecule has 2 amide bonds. The SMILES string of the molecule is CCCN(C(=O)CCC(C)(C)C(N)=O)C1(C#N)CCNC1. The van der Waals surface area contributed by atoms with Crippen molar-refractivity contribution in [3.63, 3.8) is 0 Å². The lowest BCUT2D eigenvalue weighted by Crippen LogP contribution is -2.53. The van der Waals surface area contributed by atoms with Crippen molar-refractivity contribution in [2.45, 2.75) is 52.0 Å². The van der Waals surface area contributed by atoms with Crippen molar-refractivity contribution in [2.75, 3.05) is 19.6 Å². The molecule has 0 bridgehead atoms. The van der Waals surface area contributed by atoms with Gasteiger partial charge in [-0.05, 0) is 25.8 Å². The van der Waals surface area contributed by atoms with Crippen molar-refractivity contribution in [3.8, 4) is 6.07 Å². The number of amides is 2. The summed E-state index contributed by atoms with van der Waals surface area (Å²) in [6.45, 7) is 7.28. The third kappa shape index (κ3) is 3.94. The summed E-state index contributed by atoms with van der Waals surface area (Å²) in [5, 5.41) is 12.7. The summed E-state index contributed by atoms with van der Waals surface area (Å²) < 4.78 is 0. The van der Waals surface area contributed by atoms with Gasteiger partial charge in [-0.25, -0.2) is 0 Å². The molecule has 1 unspecified atom stereocenters. The average Bonchev–Trinajstić information content (AvgIpc) is 2.92. The van der Waals surface area contributed by atoms with E-state index in [1.807, 2.05) is 6.92 Å². The van der Waals surface area contributed by atoms with Crippen LogP contribution in [0.25, 0.3) is 0 Å². The van der Waals surface area contributed by atoms with Gasteiger partial charge in [-0.3, -0.25) is 9.59 Å². The fraction of sp³-hybridized carbons (Fsp3) is 0.800. The Kier molecular flexibility index (Phi) is 5.73. The maximum atomic E-state index is 12.5. The first-order chi connectivity index (χ1) is 9.79. The van der Waals surface area contributed by atoms with Gasteiger partial charge in [0.15, 0.2) is 0 Å². The van der Waals surface area contributed by atoms with Crippen molar-refractivity contribution in [3.05, 3.63) is 0 Å². The third-order valence-electron chi connectivity index (χ3n) is 4.24. The van der Waals surface area contributed by atoms with E-state index in [9.17, 15) is 14.9 Å². The summed E-state index contributed by atoms with van der Waals surface area (Å²) in [7, 11) is 0. The molecule has 1 atom stereocenters. The van der Waals surface area contributed by atoms with Crippen LogP contribution in [-0.2, 0) is 9.59 Å². The molecule has 6 heteroatoms. The van der Waals surface area contributed by atoms with Gasteiger partial charge < -0.3 is 16.0 Å². The number of carbonyl (C=O) groups is 2. The van der Waals surface area contributed by atoms with E-state index in [2.05, 4.69) is 11.4 Å². The highest BCUT2D eigenvalue weighted by atomic mass is 16.2. The van der Waals surface area contributed by atoms with Gasteiger partial charge in [-0.15, -0.1) is 0 Å². The van der Waals surface area contributed by atoms with Gasteiger partial charge in [0.2, 0.25) is 11.8 Å². The molecule has 0 aromatic heterocycles. The van der Waals surface area contributed by atoms with E-state index in [-0.39, 0.29) is 12.3 Å². The molecule has 0 aromatic carbocycles. The van der Waals surface area contributed by atoms with E-state index in [0.717, 1.165) is 13.0 Å². The Balaban J connectivity index is 2.79. The standard InChI is InChI=1S/C15H26N4O2/c1-4-9-19(15(10-16)7-8-18-11-15)12(20)5-6-14(2,3)13(17)21/h18H,4-9,11H2,1-3H3,(H2,17,21). The Morgan fingerprint density at radius 3 is 2.57 bits per heavy atom. The molecular weight excluding hydrogens is 268 g/mol. The van der Waals surface area contributed by atoms with Crippen molar-refractivity contribution in [1.82, 2.24) is 10.2 Å². The van der Waals surface area contributed by atoms with Crippen LogP contribution in [0.2, 0.25) is 0 Å². The zero-order chi connectivity index (χ0) is 16.1. The Bertz CT molecular complexity index is 433. The second-order valence-electron chi connectivity index (χ2n) is 6.36. The normalized spacial score (nSPS) is 21.8. The third-order valence-corrected chi connectivity index (χ3v) is 4.24. The Hall–Kier alpha value is -1.61. The molecule has 0 radical (unpaired) electrons. The molecule has 0 aliphatic carbocycles. The van der Waals surface area contributed by atoms with Gasteiger partial charge in [0.25, 0.3) is 0 Å². The first-order valence-electron chi connectivity index (χ1n) is 7.51. The fourth-order valence-electron chi connectivity index (χ4n) is 2.54. The highest BCUT2D eigenvalue weighted by Crippen LogP contribution is 2.27. The highest BCUT2D eigenvalue weighted by molar-refractivity contribution is 5.82. The number of primary amides is 1. The minimum atomic E-state index is -0.746. The smallest absolute Gasteiger partial charge is 0.223 e. The van der Waals surface area contributed by atoms with Crippen LogP contribution in [0.5, 0.6) is 0 Å². The minimum Gasteiger partial charge on any atom is -0.369 e. The van der Waals surface area contributed by atoms with Crippen LogP contribution in [-0.4, -0.2) is 41.9 Å². The molecule has 1 rings (SSSR count). The number of hydrogen-bond acceptors (Lipinski definition) is 4. The van der Waals surface area contributed by atoms with E-state index in [1.165, 1.54) is 0 Å². The lowest BCUT2D eigenvalue weighted by atomic mass is 9.86. The molecule has 118 valence electrons. The molecule has 0 saturated carbocycles. The van der Waals surface area contributed by atoms with Gasteiger partial charge in [-0.1, -0.05) is 20.8 Å². The molecule has 6 nitrogen and oxygen atoms in total. The van der Waals surface area contributed by atoms with E-state index in [4.69, 9.17) is 5.73 Å². The summed E-state index contributed by atoms with van der Waals surface area (Å²) in [6, 6.07) is 2.31. The van der Waals surface area contributed by atoms with Crippen molar-refractivity contribution in [1.29, 1.82) is 5.26 Å². The predicted molar refractivity (Wildman–Crippen MR) is 80.0 cm³/mol. The minimum absolute atomic E-state index is 0.0728. The number of hydrogen-bond donors (Lipinski definition) is 2. The summed E-state index contributed by atoms with van der Waals surface area (Å²) in [5.41, 5.74) is 3.89. The van der Waals surface area contributed by atoms with E-state index < -0.39 is 16.9 Å². The largest absolute Gasteiger partial charge is 0.369 e. The van der Waals surface area contributed by atoms with Gasteiger partial charge in [-0.2, -0.15) is 5.26 Å². The number of nitrogens with zero attached hydrogens (tertiary/aromatic N) is 2. The Labute approximate surface area is 126 Å². The Morgan fingerprint density at radius 2 is 2.14 bits per heavy atom. The van der Waals surface area contributed by atoms with Gasteiger partial charge in [0.05, 0.1) is 6.07 Å². The average molecular weight is 294 g/mol. The van der Waals surface area contributed by atoms with Gasteiger partial charge >= 0.3 is 0 Å². The zero-order valence-electron chi connectivity index (χ0n) is 13.2. The van der Waals surface area contributed by atoms with E-state index in [0.29, 0.717) is 25.9 Å². The van der Waals surface area contributed by atoms with Crippen LogP contribution in [0.1, 0.15) is 46.5 Å². The van der Waals surface area contributed by atoms with Crippen LogP contribution in [0.3, 0.4) is 0 Å². The molecule has 0 aromatic rings. The van der Waals surface area contributed by atoms with E-state index in [1.54, 1.807) is 18.7 Å². The first kappa shape index (κ1) is 17.4. The van der Waals surface area contributed by atoms with Crippen LogP contribution in [0.4, 0.5) is 0 Å². The quantitative estimate of drug-likeness (QED) is 0.724. The number of nitrogens with two attached hydrogens (primary N) is 1. The number of nitrogens with one attached hydrogen (secondary N) is 1. The van der Waals surface area contributed by atoms with Crippen LogP contribution in [0.15, 0.2) is 0 Å². The second kappa shape index (κ2) is 6.90. The van der Waals surface area contributed by atoms with Gasteiger partial charge in [0, 0.05) is 24.9 Å². The van der Waals surface area contributed by atoms with E-state index >= 15 is 0 Å². The molecule has 1 saturated heterocycles. The Morgan fingerprint density at radius 1 is 1.48 bits per heavy atom. The lowest BCUT2D eigenvalue weighted by Gasteiger charge is -2.36. The molecular formula is C15H26N4O2. The number of carbonyl (C=O) groups excluding carboxylic acids is 2. The summed E-state index contributed by atoms with van der Waals surface area (Å²) >= 11 is 0. The van der Waals surface area contributed by atoms with Crippen LogP contribution in [0, 0.1) is 16.7 Å². The molecule has 1 aliphatic heterocycles. The van der Waals surface area contributed by atoms with Gasteiger partial charge in [0.1, 0.15) is 5.54 Å². The molecule has 1 heterocycles. The van der Waals surface area contributed by atoms with Crippen LogP contribution >= 0.6 is 0 Å². The molecule has 0 spiro atoms. The fourth-order valence-corrected chi connectivity index (χ4v) is 2.54. The summed E-state index contributed by atoms with van der Waals surface area (Å²) in [6.07, 6.45) is 2.08. The first-order valence-corrected chi connectivity index (χ1v) is 7.51. The maximum Gasteiger partial charge on any atom is 0.223 e. The zero-order valence-corrected chi connectivity index (χ0v) is 13.2. The maximum absolute atomic E-state index is 12.5. The van der Waals surface area contributed by atoms with Crippen molar-refractivity contribution >= 4 is 11.8 Å². The topological polar surface area (TPSA) is 99.2 Å². The molecule has 21 heavy (non-hydrogen) atoms. The summed E-state index contributed by atoms with van der Waals surface area (Å²) in [4.78, 5) is 25.6. The predicted octanol–water partition coefficient (Wildman–Crippen LogP) is 0.772. The number of rotatable bonds is 7. The van der Waals surface area contributed by atoms with Crippen molar-refractivity contribution in [2.24, 2.45) is 11.1 Å². The molecule has 1 fully saturated rings. The number of nitriles is 1. The lowest BCUT2D eigenvalue weighted by molar-refractivity contribution is -0.136. The van der Waals surface area contributed by atoms with Crippen LogP contribution < -0.4 is 11.1 Å². The second-order valence-corrected chi connectivity index (χ2v) is 6.36. The van der Waals surface area contributed by atoms with Crippen molar-refractivity contribution < 1.29 is 9.59 Å². The molecule has 3 N–H and O–H groups in total. The summed E-state index contributed by atoms with van der Waals surface area (Å²) in [5.74, 6) is -0.480. The monoisotopic (exact) mass is 294 g/mol. The molecule has 1 aliphatic rings. The highest BCUT2D eigenvalue weighted by Gasteiger charge is 2.42.